The molecule has 2 aromatic rings. The standard InChI is InChI=1S/C13H11Cl2FN2O2S/c1-6(8-4-3-7(16)5-9(8)14)17-13-18-11(15)10(21-13)12(19)20-2/h3-6H,1-2H3,(H,17,18). The molecule has 0 aliphatic heterocycles. The van der Waals surface area contributed by atoms with Crippen molar-refractivity contribution in [2.24, 2.45) is 0 Å². The molecule has 0 spiro atoms. The molecule has 112 valence electrons. The smallest absolute Gasteiger partial charge is 0.351 e. The van der Waals surface area contributed by atoms with Crippen molar-refractivity contribution in [1.82, 2.24) is 4.98 Å². The molecule has 1 atom stereocenters. The van der Waals surface area contributed by atoms with Gasteiger partial charge in [-0.2, -0.15) is 0 Å². The van der Waals surface area contributed by atoms with E-state index >= 15 is 0 Å². The highest BCUT2D eigenvalue weighted by atomic mass is 35.5. The van der Waals surface area contributed by atoms with Crippen molar-refractivity contribution in [3.63, 3.8) is 0 Å². The van der Waals surface area contributed by atoms with E-state index in [0.717, 1.165) is 11.3 Å². The minimum Gasteiger partial charge on any atom is -0.465 e. The highest BCUT2D eigenvalue weighted by molar-refractivity contribution is 7.18. The van der Waals surface area contributed by atoms with Crippen LogP contribution in [0.25, 0.3) is 0 Å². The molecule has 1 heterocycles. The lowest BCUT2D eigenvalue weighted by Gasteiger charge is -2.14. The summed E-state index contributed by atoms with van der Waals surface area (Å²) < 4.78 is 17.6. The number of anilines is 1. The van der Waals surface area contributed by atoms with E-state index in [1.54, 1.807) is 6.07 Å². The van der Waals surface area contributed by atoms with E-state index in [2.05, 4.69) is 15.0 Å². The van der Waals surface area contributed by atoms with Gasteiger partial charge in [0.25, 0.3) is 0 Å². The number of nitrogens with one attached hydrogen (secondary N) is 1. The third kappa shape index (κ3) is 3.64. The summed E-state index contributed by atoms with van der Waals surface area (Å²) in [5, 5.41) is 3.91. The number of esters is 1. The Morgan fingerprint density at radius 3 is 2.81 bits per heavy atom. The van der Waals surface area contributed by atoms with Gasteiger partial charge < -0.3 is 10.1 Å². The molecule has 21 heavy (non-hydrogen) atoms. The number of ether oxygens (including phenoxy) is 1. The van der Waals surface area contributed by atoms with E-state index in [-0.39, 0.29) is 16.1 Å². The van der Waals surface area contributed by atoms with Gasteiger partial charge in [-0.15, -0.1) is 0 Å². The summed E-state index contributed by atoms with van der Waals surface area (Å²) in [4.78, 5) is 15.7. The van der Waals surface area contributed by atoms with Gasteiger partial charge in [0.2, 0.25) is 0 Å². The number of carbonyl (C=O) groups excluding carboxylic acids is 1. The van der Waals surface area contributed by atoms with E-state index in [1.807, 2.05) is 6.92 Å². The lowest BCUT2D eigenvalue weighted by molar-refractivity contribution is 0.0606. The van der Waals surface area contributed by atoms with Crippen molar-refractivity contribution in [3.8, 4) is 0 Å². The van der Waals surface area contributed by atoms with Gasteiger partial charge in [-0.1, -0.05) is 40.6 Å². The molecule has 1 aromatic heterocycles. The monoisotopic (exact) mass is 348 g/mol. The highest BCUT2D eigenvalue weighted by Crippen LogP contribution is 2.32. The summed E-state index contributed by atoms with van der Waals surface area (Å²) in [7, 11) is 1.27. The Morgan fingerprint density at radius 2 is 2.19 bits per heavy atom. The fourth-order valence-corrected chi connectivity index (χ4v) is 3.22. The molecule has 0 radical (unpaired) electrons. The van der Waals surface area contributed by atoms with Crippen LogP contribution in [0.4, 0.5) is 9.52 Å². The maximum Gasteiger partial charge on any atom is 0.351 e. The number of nitrogens with zero attached hydrogens (tertiary/aromatic N) is 1. The van der Waals surface area contributed by atoms with Crippen molar-refractivity contribution < 1.29 is 13.9 Å². The molecule has 0 saturated carbocycles. The van der Waals surface area contributed by atoms with Gasteiger partial charge in [-0.25, -0.2) is 14.2 Å². The average Bonchev–Trinajstić information content (AvgIpc) is 2.78. The van der Waals surface area contributed by atoms with Crippen molar-refractivity contribution in [1.29, 1.82) is 0 Å². The van der Waals surface area contributed by atoms with Crippen LogP contribution in [0.3, 0.4) is 0 Å². The zero-order chi connectivity index (χ0) is 15.6. The summed E-state index contributed by atoms with van der Waals surface area (Å²) in [6.45, 7) is 1.84. The summed E-state index contributed by atoms with van der Waals surface area (Å²) in [6.07, 6.45) is 0. The minimum atomic E-state index is -0.544. The summed E-state index contributed by atoms with van der Waals surface area (Å²) in [5.74, 6) is -0.945. The average molecular weight is 349 g/mol. The van der Waals surface area contributed by atoms with Crippen LogP contribution in [-0.4, -0.2) is 18.1 Å². The molecule has 2 rings (SSSR count). The predicted molar refractivity (Wildman–Crippen MR) is 81.9 cm³/mol. The molecule has 0 aliphatic rings. The van der Waals surface area contributed by atoms with Crippen molar-refractivity contribution in [3.05, 3.63) is 44.6 Å². The first-order valence-electron chi connectivity index (χ1n) is 5.88. The van der Waals surface area contributed by atoms with Crippen LogP contribution < -0.4 is 5.32 Å². The zero-order valence-electron chi connectivity index (χ0n) is 11.1. The molecule has 4 nitrogen and oxygen atoms in total. The second-order valence-electron chi connectivity index (χ2n) is 4.16. The molecular weight excluding hydrogens is 338 g/mol. The van der Waals surface area contributed by atoms with E-state index in [9.17, 15) is 9.18 Å². The fourth-order valence-electron chi connectivity index (χ4n) is 1.70. The van der Waals surface area contributed by atoms with Crippen molar-refractivity contribution in [2.45, 2.75) is 13.0 Å². The van der Waals surface area contributed by atoms with Crippen molar-refractivity contribution >= 4 is 45.6 Å². The molecule has 1 N–H and O–H groups in total. The predicted octanol–water partition coefficient (Wildman–Crippen LogP) is 4.55. The quantitative estimate of drug-likeness (QED) is 0.823. The third-order valence-corrected chi connectivity index (χ3v) is 4.41. The molecular formula is C13H11Cl2FN2O2S. The number of halogens is 3. The molecule has 1 unspecified atom stereocenters. The molecule has 0 aliphatic carbocycles. The second kappa shape index (κ2) is 6.60. The van der Waals surface area contributed by atoms with Gasteiger partial charge >= 0.3 is 5.97 Å². The molecule has 0 amide bonds. The molecule has 0 bridgehead atoms. The molecule has 0 saturated heterocycles. The normalized spacial score (nSPS) is 12.0. The zero-order valence-corrected chi connectivity index (χ0v) is 13.4. The maximum atomic E-state index is 13.0. The second-order valence-corrected chi connectivity index (χ2v) is 5.93. The molecule has 8 heteroatoms. The van der Waals surface area contributed by atoms with E-state index in [1.165, 1.54) is 19.2 Å². The Kier molecular flexibility index (Phi) is 5.03. The molecule has 1 aromatic carbocycles. The number of thiazole rings is 1. The highest BCUT2D eigenvalue weighted by Gasteiger charge is 2.19. The van der Waals surface area contributed by atoms with Gasteiger partial charge in [-0.3, -0.25) is 0 Å². The minimum absolute atomic E-state index is 0.0757. The van der Waals surface area contributed by atoms with Gasteiger partial charge in [-0.05, 0) is 24.6 Å². The number of hydrogen-bond acceptors (Lipinski definition) is 5. The van der Waals surface area contributed by atoms with Crippen LogP contribution in [-0.2, 0) is 4.74 Å². The Balaban J connectivity index is 2.19. The largest absolute Gasteiger partial charge is 0.465 e. The first-order chi connectivity index (χ1) is 9.92. The number of aromatic nitrogens is 1. The first-order valence-corrected chi connectivity index (χ1v) is 7.45. The number of carbonyl (C=O) groups is 1. The fraction of sp³-hybridized carbons (Fsp3) is 0.231. The Hall–Kier alpha value is -1.37. The van der Waals surface area contributed by atoms with E-state index < -0.39 is 11.8 Å². The molecule has 0 fully saturated rings. The van der Waals surface area contributed by atoms with Crippen molar-refractivity contribution in [2.75, 3.05) is 12.4 Å². The Labute approximate surface area is 134 Å². The SMILES string of the molecule is COC(=O)c1sc(NC(C)c2ccc(F)cc2Cl)nc1Cl. The van der Waals surface area contributed by atoms with E-state index in [4.69, 9.17) is 23.2 Å². The topological polar surface area (TPSA) is 51.2 Å². The van der Waals surface area contributed by atoms with Gasteiger partial charge in [0, 0.05) is 5.02 Å². The van der Waals surface area contributed by atoms with Crippen LogP contribution in [0.1, 0.15) is 28.2 Å². The van der Waals surface area contributed by atoms with Crippen LogP contribution in [0, 0.1) is 5.82 Å². The van der Waals surface area contributed by atoms with Gasteiger partial charge in [0.15, 0.2) is 15.2 Å². The summed E-state index contributed by atoms with van der Waals surface area (Å²) >= 11 is 13.0. The lowest BCUT2D eigenvalue weighted by atomic mass is 10.1. The third-order valence-electron chi connectivity index (χ3n) is 2.73. The van der Waals surface area contributed by atoms with Crippen LogP contribution in [0.5, 0.6) is 0 Å². The Bertz CT molecular complexity index is 678. The lowest BCUT2D eigenvalue weighted by Crippen LogP contribution is -2.07. The number of benzene rings is 1. The van der Waals surface area contributed by atoms with Crippen LogP contribution in [0.2, 0.25) is 10.2 Å². The number of rotatable bonds is 4. The van der Waals surface area contributed by atoms with E-state index in [0.29, 0.717) is 15.7 Å². The number of methoxy groups -OCH3 is 1. The van der Waals surface area contributed by atoms with Gasteiger partial charge in [0.05, 0.1) is 13.2 Å². The summed E-state index contributed by atoms with van der Waals surface area (Å²) in [5.41, 5.74) is 0.712. The van der Waals surface area contributed by atoms with Gasteiger partial charge in [0.1, 0.15) is 5.82 Å². The first kappa shape index (κ1) is 16.0. The summed E-state index contributed by atoms with van der Waals surface area (Å²) in [6, 6.07) is 3.93. The maximum absolute atomic E-state index is 13.0. The number of hydrogen-bond donors (Lipinski definition) is 1. The van der Waals surface area contributed by atoms with Crippen LogP contribution in [0.15, 0.2) is 18.2 Å². The van der Waals surface area contributed by atoms with Crippen LogP contribution >= 0.6 is 34.5 Å². The Morgan fingerprint density at radius 1 is 1.48 bits per heavy atom.